The number of hydrogen-bond acceptors (Lipinski definition) is 2. The van der Waals surface area contributed by atoms with Gasteiger partial charge in [-0.15, -0.1) is 0 Å². The summed E-state index contributed by atoms with van der Waals surface area (Å²) in [5.74, 6) is -0.179. The first-order chi connectivity index (χ1) is 10.1. The molecule has 114 valence electrons. The predicted octanol–water partition coefficient (Wildman–Crippen LogP) is 3.36. The molecule has 1 aliphatic carbocycles. The van der Waals surface area contributed by atoms with Crippen LogP contribution in [0.4, 0.5) is 0 Å². The Labute approximate surface area is 125 Å². The highest BCUT2D eigenvalue weighted by Crippen LogP contribution is 2.27. The van der Waals surface area contributed by atoms with Crippen molar-refractivity contribution in [2.45, 2.75) is 51.5 Å². The summed E-state index contributed by atoms with van der Waals surface area (Å²) in [6, 6.07) is 6.68. The molecule has 0 heterocycles. The van der Waals surface area contributed by atoms with Gasteiger partial charge in [-0.2, -0.15) is 0 Å². The smallest absolute Gasteiger partial charge is 0.335 e. The van der Waals surface area contributed by atoms with Gasteiger partial charge in [-0.1, -0.05) is 44.2 Å². The van der Waals surface area contributed by atoms with Crippen molar-refractivity contribution < 1.29 is 14.7 Å². The Hall–Kier alpha value is -1.84. The minimum Gasteiger partial charge on any atom is -0.478 e. The van der Waals surface area contributed by atoms with Crippen LogP contribution in [0.5, 0.6) is 0 Å². The number of aromatic carboxylic acids is 1. The first-order valence-corrected chi connectivity index (χ1v) is 7.74. The van der Waals surface area contributed by atoms with Gasteiger partial charge in [0.05, 0.1) is 5.56 Å². The van der Waals surface area contributed by atoms with Crippen molar-refractivity contribution in [1.82, 2.24) is 5.32 Å². The molecule has 0 atom stereocenters. The van der Waals surface area contributed by atoms with Crippen molar-refractivity contribution in [3.63, 3.8) is 0 Å². The van der Waals surface area contributed by atoms with E-state index in [9.17, 15) is 9.59 Å². The summed E-state index contributed by atoms with van der Waals surface area (Å²) in [6.45, 7) is 0.393. The largest absolute Gasteiger partial charge is 0.478 e. The molecule has 0 spiro atoms. The van der Waals surface area contributed by atoms with Crippen molar-refractivity contribution in [3.05, 3.63) is 35.4 Å². The maximum atomic E-state index is 11.9. The number of carbonyl (C=O) groups is 2. The molecule has 0 aliphatic heterocycles. The van der Waals surface area contributed by atoms with Gasteiger partial charge in [0.25, 0.3) is 0 Å². The number of rotatable bonds is 6. The maximum absolute atomic E-state index is 11.9. The molecular weight excluding hydrogens is 266 g/mol. The van der Waals surface area contributed by atoms with Crippen LogP contribution in [-0.4, -0.2) is 17.0 Å². The summed E-state index contributed by atoms with van der Waals surface area (Å²) in [5.41, 5.74) is 1.07. The van der Waals surface area contributed by atoms with Crippen molar-refractivity contribution in [1.29, 1.82) is 0 Å². The SMILES string of the molecule is O=C(CCC1CCCCC1)NCc1cccc(C(=O)O)c1. The molecule has 0 saturated heterocycles. The van der Waals surface area contributed by atoms with E-state index in [4.69, 9.17) is 5.11 Å². The fraction of sp³-hybridized carbons (Fsp3) is 0.529. The van der Waals surface area contributed by atoms with E-state index in [0.29, 0.717) is 18.9 Å². The van der Waals surface area contributed by atoms with E-state index in [1.54, 1.807) is 18.2 Å². The van der Waals surface area contributed by atoms with Crippen LogP contribution in [0, 0.1) is 5.92 Å². The summed E-state index contributed by atoms with van der Waals surface area (Å²) in [6.07, 6.45) is 8.00. The highest BCUT2D eigenvalue weighted by molar-refractivity contribution is 5.87. The molecule has 4 heteroatoms. The lowest BCUT2D eigenvalue weighted by Crippen LogP contribution is -2.23. The number of carboxylic acids is 1. The van der Waals surface area contributed by atoms with Gasteiger partial charge >= 0.3 is 5.97 Å². The highest BCUT2D eigenvalue weighted by atomic mass is 16.4. The van der Waals surface area contributed by atoms with E-state index >= 15 is 0 Å². The fourth-order valence-electron chi connectivity index (χ4n) is 2.91. The second kappa shape index (κ2) is 7.81. The zero-order valence-corrected chi connectivity index (χ0v) is 12.3. The molecule has 1 amide bonds. The Bertz CT molecular complexity index is 493. The van der Waals surface area contributed by atoms with Crippen molar-refractivity contribution in [2.24, 2.45) is 5.92 Å². The van der Waals surface area contributed by atoms with Crippen molar-refractivity contribution in [2.75, 3.05) is 0 Å². The average molecular weight is 289 g/mol. The summed E-state index contributed by atoms with van der Waals surface area (Å²) < 4.78 is 0. The summed E-state index contributed by atoms with van der Waals surface area (Å²) in [7, 11) is 0. The van der Waals surface area contributed by atoms with Crippen LogP contribution in [0.2, 0.25) is 0 Å². The molecule has 1 fully saturated rings. The Kier molecular flexibility index (Phi) is 5.78. The maximum Gasteiger partial charge on any atom is 0.335 e. The number of carbonyl (C=O) groups excluding carboxylic acids is 1. The molecule has 2 N–H and O–H groups in total. The number of hydrogen-bond donors (Lipinski definition) is 2. The number of nitrogens with one attached hydrogen (secondary N) is 1. The van der Waals surface area contributed by atoms with Gasteiger partial charge in [0, 0.05) is 13.0 Å². The van der Waals surface area contributed by atoms with Crippen molar-refractivity contribution >= 4 is 11.9 Å². The molecule has 4 nitrogen and oxygen atoms in total. The lowest BCUT2D eigenvalue weighted by atomic mass is 9.86. The molecular formula is C17H23NO3. The Morgan fingerprint density at radius 1 is 1.19 bits per heavy atom. The Balaban J connectivity index is 1.73. The zero-order valence-electron chi connectivity index (χ0n) is 12.3. The lowest BCUT2D eigenvalue weighted by molar-refractivity contribution is -0.121. The first kappa shape index (κ1) is 15.5. The molecule has 21 heavy (non-hydrogen) atoms. The molecule has 0 unspecified atom stereocenters. The number of benzene rings is 1. The molecule has 0 radical (unpaired) electrons. The average Bonchev–Trinajstić information content (AvgIpc) is 2.52. The van der Waals surface area contributed by atoms with Gasteiger partial charge in [-0.25, -0.2) is 4.79 Å². The second-order valence-electron chi connectivity index (χ2n) is 5.82. The minimum atomic E-state index is -0.944. The van der Waals surface area contributed by atoms with E-state index < -0.39 is 5.97 Å². The first-order valence-electron chi connectivity index (χ1n) is 7.74. The van der Waals surface area contributed by atoms with E-state index in [1.165, 1.54) is 32.1 Å². The highest BCUT2D eigenvalue weighted by Gasteiger charge is 2.14. The van der Waals surface area contributed by atoms with Gasteiger partial charge in [-0.05, 0) is 30.0 Å². The van der Waals surface area contributed by atoms with Gasteiger partial charge in [-0.3, -0.25) is 4.79 Å². The normalized spacial score (nSPS) is 15.6. The monoisotopic (exact) mass is 289 g/mol. The van der Waals surface area contributed by atoms with Crippen LogP contribution in [0.15, 0.2) is 24.3 Å². The van der Waals surface area contributed by atoms with Crippen molar-refractivity contribution in [3.8, 4) is 0 Å². The second-order valence-corrected chi connectivity index (χ2v) is 5.82. The van der Waals surface area contributed by atoms with Crippen LogP contribution >= 0.6 is 0 Å². The molecule has 2 rings (SSSR count). The van der Waals surface area contributed by atoms with Crippen LogP contribution in [0.3, 0.4) is 0 Å². The number of amides is 1. The Morgan fingerprint density at radius 3 is 2.67 bits per heavy atom. The van der Waals surface area contributed by atoms with Gasteiger partial charge in [0.2, 0.25) is 5.91 Å². The lowest BCUT2D eigenvalue weighted by Gasteiger charge is -2.21. The zero-order chi connectivity index (χ0) is 15.1. The Morgan fingerprint density at radius 2 is 1.95 bits per heavy atom. The molecule has 0 aromatic heterocycles. The predicted molar refractivity (Wildman–Crippen MR) is 81.1 cm³/mol. The molecule has 1 saturated carbocycles. The third kappa shape index (κ3) is 5.21. The van der Waals surface area contributed by atoms with E-state index in [1.807, 2.05) is 6.07 Å². The van der Waals surface area contributed by atoms with Crippen LogP contribution in [-0.2, 0) is 11.3 Å². The van der Waals surface area contributed by atoms with Crippen LogP contribution in [0.25, 0.3) is 0 Å². The van der Waals surface area contributed by atoms with E-state index in [-0.39, 0.29) is 11.5 Å². The van der Waals surface area contributed by atoms with E-state index in [2.05, 4.69) is 5.32 Å². The molecule has 1 aliphatic rings. The number of carboxylic acid groups (broad SMARTS) is 1. The van der Waals surface area contributed by atoms with Gasteiger partial charge in [0.1, 0.15) is 0 Å². The minimum absolute atomic E-state index is 0.0568. The fourth-order valence-corrected chi connectivity index (χ4v) is 2.91. The van der Waals surface area contributed by atoms with Crippen LogP contribution in [0.1, 0.15) is 60.9 Å². The third-order valence-electron chi connectivity index (χ3n) is 4.17. The standard InChI is InChI=1S/C17H23NO3/c19-16(10-9-13-5-2-1-3-6-13)18-12-14-7-4-8-15(11-14)17(20)21/h4,7-8,11,13H,1-3,5-6,9-10,12H2,(H,18,19)(H,20,21). The van der Waals surface area contributed by atoms with Crippen LogP contribution < -0.4 is 5.32 Å². The molecule has 1 aromatic rings. The topological polar surface area (TPSA) is 66.4 Å². The summed E-state index contributed by atoms with van der Waals surface area (Å²) in [4.78, 5) is 22.7. The van der Waals surface area contributed by atoms with Gasteiger partial charge in [0.15, 0.2) is 0 Å². The van der Waals surface area contributed by atoms with E-state index in [0.717, 1.165) is 12.0 Å². The molecule has 0 bridgehead atoms. The van der Waals surface area contributed by atoms with Gasteiger partial charge < -0.3 is 10.4 Å². The summed E-state index contributed by atoms with van der Waals surface area (Å²) in [5, 5.41) is 11.8. The molecule has 1 aromatic carbocycles. The quantitative estimate of drug-likeness (QED) is 0.844. The summed E-state index contributed by atoms with van der Waals surface area (Å²) >= 11 is 0. The third-order valence-corrected chi connectivity index (χ3v) is 4.17.